The zero-order chi connectivity index (χ0) is 13.9. The molecule has 2 aromatic heterocycles. The first kappa shape index (κ1) is 13.3. The van der Waals surface area contributed by atoms with Gasteiger partial charge in [-0.3, -0.25) is 0 Å². The van der Waals surface area contributed by atoms with Gasteiger partial charge in [-0.25, -0.2) is 15.8 Å². The Labute approximate surface area is 121 Å². The number of hydrazine groups is 1. The predicted octanol–water partition coefficient (Wildman–Crippen LogP) is 1.54. The van der Waals surface area contributed by atoms with Crippen LogP contribution in [0.2, 0.25) is 0 Å². The second-order valence-electron chi connectivity index (χ2n) is 4.76. The molecule has 0 spiro atoms. The molecule has 0 saturated heterocycles. The lowest BCUT2D eigenvalue weighted by Gasteiger charge is -2.09. The number of nitrogen functional groups attached to an aromatic ring is 1. The van der Waals surface area contributed by atoms with Crippen molar-refractivity contribution in [1.29, 1.82) is 0 Å². The summed E-state index contributed by atoms with van der Waals surface area (Å²) >= 11 is 1.52. The summed E-state index contributed by atoms with van der Waals surface area (Å²) < 4.78 is 2.20. The van der Waals surface area contributed by atoms with Crippen molar-refractivity contribution in [3.8, 4) is 0 Å². The van der Waals surface area contributed by atoms with Crippen molar-refractivity contribution in [1.82, 2.24) is 24.7 Å². The van der Waals surface area contributed by atoms with Crippen LogP contribution in [-0.2, 0) is 13.0 Å². The summed E-state index contributed by atoms with van der Waals surface area (Å²) in [5.74, 6) is 7.16. The van der Waals surface area contributed by atoms with Gasteiger partial charge in [0.15, 0.2) is 5.16 Å². The van der Waals surface area contributed by atoms with Gasteiger partial charge in [0.25, 0.3) is 0 Å². The van der Waals surface area contributed by atoms with Gasteiger partial charge in [0.05, 0.1) is 0 Å². The normalized spacial score (nSPS) is 14.7. The molecule has 0 aromatic carbocycles. The SMILES string of the molecule is Cc1c(NN)ncnc1Sc1nnc2n1CCCCC2. The first-order valence-corrected chi connectivity index (χ1v) is 7.49. The Bertz CT molecular complexity index is 610. The Morgan fingerprint density at radius 3 is 3.00 bits per heavy atom. The van der Waals surface area contributed by atoms with Crippen LogP contribution in [-0.4, -0.2) is 24.7 Å². The third-order valence-electron chi connectivity index (χ3n) is 3.44. The van der Waals surface area contributed by atoms with Crippen molar-refractivity contribution in [2.75, 3.05) is 5.43 Å². The molecule has 2 aromatic rings. The molecule has 8 heteroatoms. The van der Waals surface area contributed by atoms with Crippen molar-refractivity contribution >= 4 is 17.6 Å². The summed E-state index contributed by atoms with van der Waals surface area (Å²) in [5, 5.41) is 10.3. The maximum absolute atomic E-state index is 5.44. The van der Waals surface area contributed by atoms with E-state index in [1.54, 1.807) is 0 Å². The number of nitrogens with one attached hydrogen (secondary N) is 1. The highest BCUT2D eigenvalue weighted by Gasteiger charge is 2.17. The third-order valence-corrected chi connectivity index (χ3v) is 4.53. The molecule has 0 radical (unpaired) electrons. The lowest BCUT2D eigenvalue weighted by molar-refractivity contribution is 0.590. The van der Waals surface area contributed by atoms with Crippen LogP contribution >= 0.6 is 11.8 Å². The maximum Gasteiger partial charge on any atom is 0.197 e. The monoisotopic (exact) mass is 291 g/mol. The van der Waals surface area contributed by atoms with Gasteiger partial charge < -0.3 is 9.99 Å². The molecule has 0 aliphatic carbocycles. The van der Waals surface area contributed by atoms with E-state index in [-0.39, 0.29) is 0 Å². The highest BCUT2D eigenvalue weighted by atomic mass is 32.2. The molecular weight excluding hydrogens is 274 g/mol. The molecule has 1 aliphatic rings. The van der Waals surface area contributed by atoms with Crippen LogP contribution in [0.25, 0.3) is 0 Å². The number of nitrogens with two attached hydrogens (primary N) is 1. The van der Waals surface area contributed by atoms with Crippen LogP contribution < -0.4 is 11.3 Å². The molecule has 1 aliphatic heterocycles. The second-order valence-corrected chi connectivity index (χ2v) is 5.72. The summed E-state index contributed by atoms with van der Waals surface area (Å²) in [7, 11) is 0. The first-order valence-electron chi connectivity index (χ1n) is 6.67. The Morgan fingerprint density at radius 2 is 2.15 bits per heavy atom. The Hall–Kier alpha value is -1.67. The minimum atomic E-state index is 0.637. The first-order chi connectivity index (χ1) is 9.79. The molecule has 3 heterocycles. The fourth-order valence-corrected chi connectivity index (χ4v) is 3.21. The maximum atomic E-state index is 5.44. The Balaban J connectivity index is 1.90. The third kappa shape index (κ3) is 2.48. The van der Waals surface area contributed by atoms with Gasteiger partial charge >= 0.3 is 0 Å². The smallest absolute Gasteiger partial charge is 0.197 e. The number of nitrogens with zero attached hydrogens (tertiary/aromatic N) is 5. The molecule has 3 N–H and O–H groups in total. The number of hydrogen-bond acceptors (Lipinski definition) is 7. The standard InChI is InChI=1S/C12H17N7S/c1-8-10(16-13)14-7-15-11(8)20-12-18-17-9-5-3-2-4-6-19(9)12/h7H,2-6,13H2,1H3,(H,14,15,16). The Kier molecular flexibility index (Phi) is 3.83. The molecule has 0 saturated carbocycles. The van der Waals surface area contributed by atoms with E-state index in [0.717, 1.165) is 34.5 Å². The lowest BCUT2D eigenvalue weighted by Crippen LogP contribution is -2.11. The Morgan fingerprint density at radius 1 is 1.25 bits per heavy atom. The van der Waals surface area contributed by atoms with Crippen LogP contribution in [0, 0.1) is 6.92 Å². The average Bonchev–Trinajstić information content (AvgIpc) is 2.70. The fraction of sp³-hybridized carbons (Fsp3) is 0.500. The van der Waals surface area contributed by atoms with Crippen molar-refractivity contribution in [2.24, 2.45) is 5.84 Å². The van der Waals surface area contributed by atoms with Gasteiger partial charge in [0.2, 0.25) is 0 Å². The number of aryl methyl sites for hydroxylation is 1. The molecule has 7 nitrogen and oxygen atoms in total. The summed E-state index contributed by atoms with van der Waals surface area (Å²) in [5.41, 5.74) is 3.50. The zero-order valence-corrected chi connectivity index (χ0v) is 12.2. The van der Waals surface area contributed by atoms with Gasteiger partial charge in [0, 0.05) is 18.5 Å². The quantitative estimate of drug-likeness (QED) is 0.503. The highest BCUT2D eigenvalue weighted by Crippen LogP contribution is 2.30. The second kappa shape index (κ2) is 5.76. The van der Waals surface area contributed by atoms with Gasteiger partial charge in [-0.05, 0) is 31.5 Å². The fourth-order valence-electron chi connectivity index (χ4n) is 2.30. The van der Waals surface area contributed by atoms with Crippen LogP contribution in [0.5, 0.6) is 0 Å². The van der Waals surface area contributed by atoms with E-state index >= 15 is 0 Å². The molecule has 0 atom stereocenters. The number of aromatic nitrogens is 5. The van der Waals surface area contributed by atoms with Crippen LogP contribution in [0.1, 0.15) is 30.7 Å². The van der Waals surface area contributed by atoms with Crippen LogP contribution in [0.15, 0.2) is 16.5 Å². The molecule has 0 bridgehead atoms. The summed E-state index contributed by atoms with van der Waals surface area (Å²) in [4.78, 5) is 8.40. The number of anilines is 1. The largest absolute Gasteiger partial charge is 0.308 e. The van der Waals surface area contributed by atoms with Gasteiger partial charge in [-0.1, -0.05) is 6.42 Å². The van der Waals surface area contributed by atoms with E-state index in [2.05, 4.69) is 30.2 Å². The minimum Gasteiger partial charge on any atom is -0.308 e. The van der Waals surface area contributed by atoms with Crippen molar-refractivity contribution in [3.63, 3.8) is 0 Å². The minimum absolute atomic E-state index is 0.637. The van der Waals surface area contributed by atoms with Crippen molar-refractivity contribution in [2.45, 2.75) is 49.3 Å². The van der Waals surface area contributed by atoms with E-state index in [1.165, 1.54) is 37.4 Å². The topological polar surface area (TPSA) is 94.5 Å². The van der Waals surface area contributed by atoms with Gasteiger partial charge in [-0.2, -0.15) is 0 Å². The summed E-state index contributed by atoms with van der Waals surface area (Å²) in [6.45, 7) is 2.92. The van der Waals surface area contributed by atoms with Gasteiger partial charge in [-0.15, -0.1) is 10.2 Å². The van der Waals surface area contributed by atoms with Gasteiger partial charge in [0.1, 0.15) is 23.0 Å². The number of fused-ring (bicyclic) bond motifs is 1. The van der Waals surface area contributed by atoms with E-state index in [0.29, 0.717) is 5.82 Å². The van der Waals surface area contributed by atoms with Crippen LogP contribution in [0.3, 0.4) is 0 Å². The lowest BCUT2D eigenvalue weighted by atomic mass is 10.2. The molecule has 106 valence electrons. The average molecular weight is 291 g/mol. The molecule has 20 heavy (non-hydrogen) atoms. The molecule has 0 unspecified atom stereocenters. The molecule has 3 rings (SSSR count). The van der Waals surface area contributed by atoms with Crippen molar-refractivity contribution in [3.05, 3.63) is 17.7 Å². The summed E-state index contributed by atoms with van der Waals surface area (Å²) in [6.07, 6.45) is 6.13. The van der Waals surface area contributed by atoms with E-state index < -0.39 is 0 Å². The predicted molar refractivity (Wildman–Crippen MR) is 76.3 cm³/mol. The molecule has 0 fully saturated rings. The molecular formula is C12H17N7S. The van der Waals surface area contributed by atoms with E-state index in [9.17, 15) is 0 Å². The van der Waals surface area contributed by atoms with E-state index in [1.807, 2.05) is 6.92 Å². The summed E-state index contributed by atoms with van der Waals surface area (Å²) in [6, 6.07) is 0. The van der Waals surface area contributed by atoms with E-state index in [4.69, 9.17) is 5.84 Å². The van der Waals surface area contributed by atoms with Crippen LogP contribution in [0.4, 0.5) is 5.82 Å². The number of hydrogen-bond donors (Lipinski definition) is 2. The highest BCUT2D eigenvalue weighted by molar-refractivity contribution is 7.99. The van der Waals surface area contributed by atoms with Crippen molar-refractivity contribution < 1.29 is 0 Å². The number of rotatable bonds is 3. The molecule has 0 amide bonds. The zero-order valence-electron chi connectivity index (χ0n) is 11.3.